The third kappa shape index (κ3) is 5.32. The SMILES string of the molecule is O=C(O)CSc1nnc(N2CCN(CC(F)(F)F)CC2)s1. The predicted octanol–water partition coefficient (Wildman–Crippen LogP) is 1.40. The van der Waals surface area contributed by atoms with Gasteiger partial charge < -0.3 is 10.0 Å². The van der Waals surface area contributed by atoms with Gasteiger partial charge in [0, 0.05) is 26.2 Å². The Balaban J connectivity index is 1.83. The fourth-order valence-electron chi connectivity index (χ4n) is 1.86. The van der Waals surface area contributed by atoms with Crippen molar-refractivity contribution in [3.05, 3.63) is 0 Å². The molecule has 1 N–H and O–H groups in total. The molecular weight excluding hydrogens is 329 g/mol. The molecule has 118 valence electrons. The summed E-state index contributed by atoms with van der Waals surface area (Å²) in [6.45, 7) is 0.646. The minimum absolute atomic E-state index is 0.0893. The first-order chi connectivity index (χ1) is 9.83. The van der Waals surface area contributed by atoms with Crippen molar-refractivity contribution in [2.24, 2.45) is 0 Å². The Morgan fingerprint density at radius 1 is 1.29 bits per heavy atom. The first-order valence-corrected chi connectivity index (χ1v) is 7.86. The molecule has 2 heterocycles. The number of rotatable bonds is 5. The Hall–Kier alpha value is -1.07. The highest BCUT2D eigenvalue weighted by Crippen LogP contribution is 2.28. The molecule has 2 rings (SSSR count). The van der Waals surface area contributed by atoms with E-state index >= 15 is 0 Å². The van der Waals surface area contributed by atoms with Crippen LogP contribution < -0.4 is 4.90 Å². The van der Waals surface area contributed by atoms with Crippen LogP contribution >= 0.6 is 23.1 Å². The molecule has 1 aliphatic rings. The minimum atomic E-state index is -4.18. The molecule has 1 aliphatic heterocycles. The summed E-state index contributed by atoms with van der Waals surface area (Å²) in [5.74, 6) is -1.02. The summed E-state index contributed by atoms with van der Waals surface area (Å²) in [5.41, 5.74) is 0. The fourth-order valence-corrected chi connectivity index (χ4v) is 3.48. The largest absolute Gasteiger partial charge is 0.481 e. The normalized spacial score (nSPS) is 17.2. The number of carbonyl (C=O) groups is 1. The van der Waals surface area contributed by atoms with Crippen molar-refractivity contribution < 1.29 is 23.1 Å². The molecule has 0 amide bonds. The van der Waals surface area contributed by atoms with Crippen molar-refractivity contribution in [1.82, 2.24) is 15.1 Å². The van der Waals surface area contributed by atoms with Gasteiger partial charge in [0.2, 0.25) is 5.13 Å². The maximum Gasteiger partial charge on any atom is 0.401 e. The summed E-state index contributed by atoms with van der Waals surface area (Å²) < 4.78 is 37.4. The zero-order chi connectivity index (χ0) is 15.5. The van der Waals surface area contributed by atoms with Gasteiger partial charge in [-0.25, -0.2) is 0 Å². The topological polar surface area (TPSA) is 69.6 Å². The van der Waals surface area contributed by atoms with Gasteiger partial charge in [0.15, 0.2) is 4.34 Å². The van der Waals surface area contributed by atoms with Crippen molar-refractivity contribution in [2.45, 2.75) is 10.5 Å². The molecule has 0 radical (unpaired) electrons. The molecule has 1 fully saturated rings. The van der Waals surface area contributed by atoms with E-state index in [1.165, 1.54) is 16.2 Å². The molecule has 0 bridgehead atoms. The molecule has 21 heavy (non-hydrogen) atoms. The van der Waals surface area contributed by atoms with E-state index in [4.69, 9.17) is 5.11 Å². The van der Waals surface area contributed by atoms with Gasteiger partial charge in [0.25, 0.3) is 0 Å². The van der Waals surface area contributed by atoms with Crippen molar-refractivity contribution in [3.8, 4) is 0 Å². The molecule has 0 unspecified atom stereocenters. The lowest BCUT2D eigenvalue weighted by Gasteiger charge is -2.34. The van der Waals surface area contributed by atoms with Crippen LogP contribution in [0, 0.1) is 0 Å². The zero-order valence-corrected chi connectivity index (χ0v) is 12.5. The molecule has 6 nitrogen and oxygen atoms in total. The number of halogens is 3. The number of carboxylic acids is 1. The van der Waals surface area contributed by atoms with Crippen LogP contribution in [0.15, 0.2) is 4.34 Å². The number of hydrogen-bond acceptors (Lipinski definition) is 7. The van der Waals surface area contributed by atoms with Crippen LogP contribution in [0.3, 0.4) is 0 Å². The van der Waals surface area contributed by atoms with E-state index in [0.29, 0.717) is 35.7 Å². The molecule has 0 spiro atoms. The third-order valence-corrected chi connectivity index (χ3v) is 4.86. The smallest absolute Gasteiger partial charge is 0.401 e. The summed E-state index contributed by atoms with van der Waals surface area (Å²) in [7, 11) is 0. The number of aromatic nitrogens is 2. The van der Waals surface area contributed by atoms with Crippen LogP contribution in [0.2, 0.25) is 0 Å². The maximum absolute atomic E-state index is 12.3. The Bertz CT molecular complexity index is 489. The molecule has 11 heteroatoms. The van der Waals surface area contributed by atoms with Gasteiger partial charge in [-0.05, 0) is 0 Å². The van der Waals surface area contributed by atoms with Gasteiger partial charge >= 0.3 is 12.1 Å². The standard InChI is InChI=1S/C10H13F3N4O2S2/c11-10(12,13)6-16-1-3-17(4-2-16)8-14-15-9(21-8)20-5-7(18)19/h1-6H2,(H,18,19). The monoisotopic (exact) mass is 342 g/mol. The van der Waals surface area contributed by atoms with Gasteiger partial charge in [-0.3, -0.25) is 9.69 Å². The molecule has 1 saturated heterocycles. The number of alkyl halides is 3. The van der Waals surface area contributed by atoms with Crippen LogP contribution in [0.4, 0.5) is 18.3 Å². The van der Waals surface area contributed by atoms with E-state index in [1.807, 2.05) is 4.90 Å². The Labute approximate surface area is 126 Å². The second-order valence-corrected chi connectivity index (χ2v) is 6.59. The Kier molecular flexibility index (Phi) is 5.27. The van der Waals surface area contributed by atoms with Crippen LogP contribution in [0.1, 0.15) is 0 Å². The molecule has 1 aromatic rings. The van der Waals surface area contributed by atoms with Gasteiger partial charge in [-0.1, -0.05) is 23.1 Å². The summed E-state index contributed by atoms with van der Waals surface area (Å²) in [5, 5.41) is 17.0. The highest BCUT2D eigenvalue weighted by molar-refractivity contribution is 8.01. The number of aliphatic carboxylic acids is 1. The Morgan fingerprint density at radius 2 is 1.95 bits per heavy atom. The van der Waals surface area contributed by atoms with Crippen LogP contribution in [-0.2, 0) is 4.79 Å². The van der Waals surface area contributed by atoms with Gasteiger partial charge in [-0.15, -0.1) is 10.2 Å². The van der Waals surface area contributed by atoms with Crippen molar-refractivity contribution in [1.29, 1.82) is 0 Å². The third-order valence-electron chi connectivity index (χ3n) is 2.76. The van der Waals surface area contributed by atoms with E-state index < -0.39 is 18.7 Å². The van der Waals surface area contributed by atoms with E-state index in [9.17, 15) is 18.0 Å². The fraction of sp³-hybridized carbons (Fsp3) is 0.700. The number of piperazine rings is 1. The Morgan fingerprint density at radius 3 is 2.52 bits per heavy atom. The average molecular weight is 342 g/mol. The molecule has 0 saturated carbocycles. The number of carboxylic acid groups (broad SMARTS) is 1. The lowest BCUT2D eigenvalue weighted by molar-refractivity contribution is -0.146. The second kappa shape index (κ2) is 6.79. The summed E-state index contributed by atoms with van der Waals surface area (Å²) >= 11 is 2.34. The van der Waals surface area contributed by atoms with Gasteiger partial charge in [0.05, 0.1) is 12.3 Å². The molecule has 0 atom stereocenters. The predicted molar refractivity (Wildman–Crippen MR) is 73.0 cm³/mol. The van der Waals surface area contributed by atoms with Crippen molar-refractivity contribution in [2.75, 3.05) is 43.4 Å². The number of nitrogens with zero attached hydrogens (tertiary/aromatic N) is 4. The number of anilines is 1. The molecule has 1 aromatic heterocycles. The number of hydrogen-bond donors (Lipinski definition) is 1. The molecule has 0 aromatic carbocycles. The van der Waals surface area contributed by atoms with Gasteiger partial charge in [-0.2, -0.15) is 13.2 Å². The van der Waals surface area contributed by atoms with E-state index in [2.05, 4.69) is 10.2 Å². The lowest BCUT2D eigenvalue weighted by atomic mass is 10.3. The summed E-state index contributed by atoms with van der Waals surface area (Å²) in [4.78, 5) is 13.7. The van der Waals surface area contributed by atoms with Crippen LogP contribution in [0.5, 0.6) is 0 Å². The summed E-state index contributed by atoms with van der Waals surface area (Å²) in [6, 6.07) is 0. The van der Waals surface area contributed by atoms with E-state index in [1.54, 1.807) is 0 Å². The lowest BCUT2D eigenvalue weighted by Crippen LogP contribution is -2.49. The van der Waals surface area contributed by atoms with Crippen molar-refractivity contribution >= 4 is 34.2 Å². The van der Waals surface area contributed by atoms with E-state index in [0.717, 1.165) is 11.8 Å². The van der Waals surface area contributed by atoms with E-state index in [-0.39, 0.29) is 5.75 Å². The minimum Gasteiger partial charge on any atom is -0.481 e. The maximum atomic E-state index is 12.3. The highest BCUT2D eigenvalue weighted by Gasteiger charge is 2.32. The number of thioether (sulfide) groups is 1. The first kappa shape index (κ1) is 16.3. The first-order valence-electron chi connectivity index (χ1n) is 6.05. The highest BCUT2D eigenvalue weighted by atomic mass is 32.2. The molecule has 0 aliphatic carbocycles. The van der Waals surface area contributed by atoms with Crippen LogP contribution in [0.25, 0.3) is 0 Å². The van der Waals surface area contributed by atoms with Crippen LogP contribution in [-0.4, -0.2) is 70.8 Å². The second-order valence-electron chi connectivity index (χ2n) is 4.41. The molecular formula is C10H13F3N4O2S2. The summed E-state index contributed by atoms with van der Waals surface area (Å²) in [6.07, 6.45) is -4.18. The van der Waals surface area contributed by atoms with Gasteiger partial charge in [0.1, 0.15) is 0 Å². The quantitative estimate of drug-likeness (QED) is 0.811. The zero-order valence-electron chi connectivity index (χ0n) is 10.8. The average Bonchev–Trinajstić information content (AvgIpc) is 2.84. The van der Waals surface area contributed by atoms with Crippen molar-refractivity contribution in [3.63, 3.8) is 0 Å².